The minimum atomic E-state index is 0.549. The van der Waals surface area contributed by atoms with Crippen LogP contribution in [0.25, 0.3) is 22.0 Å². The van der Waals surface area contributed by atoms with Crippen LogP contribution in [0, 0.1) is 6.92 Å². The molecule has 6 rings (SSSR count). The van der Waals surface area contributed by atoms with Gasteiger partial charge in [-0.25, -0.2) is 0 Å². The number of benzene rings is 3. The molecule has 2 aliphatic rings. The molecule has 0 N–H and O–H groups in total. The van der Waals surface area contributed by atoms with Crippen molar-refractivity contribution in [2.45, 2.75) is 51.7 Å². The third-order valence-corrected chi connectivity index (χ3v) is 7.30. The van der Waals surface area contributed by atoms with Crippen molar-refractivity contribution in [1.29, 1.82) is 0 Å². The fourth-order valence-corrected chi connectivity index (χ4v) is 5.85. The van der Waals surface area contributed by atoms with Gasteiger partial charge in [-0.1, -0.05) is 66.2 Å². The normalized spacial score (nSPS) is 18.7. The molecule has 0 fully saturated rings. The van der Waals surface area contributed by atoms with Crippen LogP contribution in [0.4, 0.5) is 0 Å². The van der Waals surface area contributed by atoms with E-state index in [2.05, 4.69) is 89.2 Å². The summed E-state index contributed by atoms with van der Waals surface area (Å²) in [6, 6.07) is 27.5. The highest BCUT2D eigenvalue weighted by Gasteiger charge is 2.33. The van der Waals surface area contributed by atoms with Gasteiger partial charge in [0.05, 0.1) is 6.04 Å². The first kappa shape index (κ1) is 18.9. The number of nitrogens with zero attached hydrogens (tertiary/aromatic N) is 2. The Labute approximate surface area is 185 Å². The molecule has 3 aromatic carbocycles. The molecule has 1 atom stereocenters. The number of rotatable bonds is 3. The Morgan fingerprint density at radius 1 is 0.839 bits per heavy atom. The number of aryl methyl sites for hydroxylation is 3. The van der Waals surface area contributed by atoms with Crippen LogP contribution >= 0.6 is 0 Å². The van der Waals surface area contributed by atoms with Gasteiger partial charge in [0.15, 0.2) is 0 Å². The summed E-state index contributed by atoms with van der Waals surface area (Å²) in [4.78, 5) is 2.75. The summed E-state index contributed by atoms with van der Waals surface area (Å²) in [6.07, 6.45) is 5.04. The van der Waals surface area contributed by atoms with Crippen LogP contribution in [0.1, 0.15) is 47.7 Å². The summed E-state index contributed by atoms with van der Waals surface area (Å²) in [5, 5.41) is 1.51. The van der Waals surface area contributed by atoms with E-state index < -0.39 is 0 Å². The Morgan fingerprint density at radius 3 is 2.48 bits per heavy atom. The standard InChI is InChI=1S/C29H30N2/c1-21-11-16-27-26(19-21)25-9-5-10-28-29(25)31(27)18-6-17-30(28)20-22-12-14-24(15-13-22)23-7-3-2-4-8-23/h2-4,7-8,11-16,19,28H,5-6,9-10,17-18,20H2,1H3. The number of aromatic nitrogens is 1. The first-order valence-electron chi connectivity index (χ1n) is 11.8. The van der Waals surface area contributed by atoms with Crippen molar-refractivity contribution < 1.29 is 0 Å². The molecule has 0 saturated carbocycles. The third kappa shape index (κ3) is 3.30. The fourth-order valence-electron chi connectivity index (χ4n) is 5.85. The molecular formula is C29H30N2. The Hall–Kier alpha value is -2.84. The van der Waals surface area contributed by atoms with Gasteiger partial charge in [0.2, 0.25) is 0 Å². The number of hydrogen-bond acceptors (Lipinski definition) is 1. The van der Waals surface area contributed by atoms with Crippen LogP contribution in [0.3, 0.4) is 0 Å². The van der Waals surface area contributed by atoms with Gasteiger partial charge in [0.1, 0.15) is 0 Å². The largest absolute Gasteiger partial charge is 0.343 e. The van der Waals surface area contributed by atoms with E-state index in [1.807, 2.05) is 0 Å². The lowest BCUT2D eigenvalue weighted by Crippen LogP contribution is -2.31. The highest BCUT2D eigenvalue weighted by Crippen LogP contribution is 2.42. The van der Waals surface area contributed by atoms with Gasteiger partial charge >= 0.3 is 0 Å². The van der Waals surface area contributed by atoms with Crippen LogP contribution in [-0.4, -0.2) is 16.0 Å². The second-order valence-electron chi connectivity index (χ2n) is 9.33. The van der Waals surface area contributed by atoms with Crippen LogP contribution in [0.2, 0.25) is 0 Å². The Kier molecular flexibility index (Phi) is 4.69. The van der Waals surface area contributed by atoms with Crippen molar-refractivity contribution in [3.05, 3.63) is 95.2 Å². The van der Waals surface area contributed by atoms with E-state index in [0.717, 1.165) is 13.1 Å². The van der Waals surface area contributed by atoms with Gasteiger partial charge in [-0.05, 0) is 67.0 Å². The van der Waals surface area contributed by atoms with Crippen molar-refractivity contribution >= 4 is 10.9 Å². The van der Waals surface area contributed by atoms with Crippen molar-refractivity contribution in [3.8, 4) is 11.1 Å². The van der Waals surface area contributed by atoms with Gasteiger partial charge in [-0.15, -0.1) is 0 Å². The maximum absolute atomic E-state index is 2.75. The highest BCUT2D eigenvalue weighted by molar-refractivity contribution is 5.87. The van der Waals surface area contributed by atoms with Crippen molar-refractivity contribution in [3.63, 3.8) is 0 Å². The van der Waals surface area contributed by atoms with Gasteiger partial charge in [-0.3, -0.25) is 4.90 Å². The summed E-state index contributed by atoms with van der Waals surface area (Å²) < 4.78 is 2.66. The molecule has 0 spiro atoms. The highest BCUT2D eigenvalue weighted by atomic mass is 15.2. The zero-order valence-corrected chi connectivity index (χ0v) is 18.3. The molecule has 2 heteroatoms. The molecule has 4 aromatic rings. The molecule has 0 radical (unpaired) electrons. The molecule has 0 bridgehead atoms. The van der Waals surface area contributed by atoms with E-state index in [1.165, 1.54) is 65.4 Å². The van der Waals surface area contributed by atoms with E-state index in [1.54, 1.807) is 11.3 Å². The molecule has 2 nitrogen and oxygen atoms in total. The Morgan fingerprint density at radius 2 is 1.65 bits per heavy atom. The van der Waals surface area contributed by atoms with Gasteiger partial charge in [-0.2, -0.15) is 0 Å². The average molecular weight is 407 g/mol. The second-order valence-corrected chi connectivity index (χ2v) is 9.33. The molecule has 1 unspecified atom stereocenters. The molecule has 1 aromatic heterocycles. The van der Waals surface area contributed by atoms with Crippen molar-refractivity contribution in [2.24, 2.45) is 0 Å². The van der Waals surface area contributed by atoms with E-state index in [4.69, 9.17) is 0 Å². The summed E-state index contributed by atoms with van der Waals surface area (Å²) in [6.45, 7) is 5.59. The monoisotopic (exact) mass is 406 g/mol. The lowest BCUT2D eigenvalue weighted by molar-refractivity contribution is 0.173. The molecule has 156 valence electrons. The lowest BCUT2D eigenvalue weighted by atomic mass is 9.90. The first-order valence-corrected chi connectivity index (χ1v) is 11.8. The number of fused-ring (bicyclic) bond motifs is 3. The predicted octanol–water partition coefficient (Wildman–Crippen LogP) is 6.90. The van der Waals surface area contributed by atoms with Crippen molar-refractivity contribution in [2.75, 3.05) is 6.54 Å². The third-order valence-electron chi connectivity index (χ3n) is 7.30. The molecule has 1 aliphatic carbocycles. The van der Waals surface area contributed by atoms with E-state index >= 15 is 0 Å². The summed E-state index contributed by atoms with van der Waals surface area (Å²) in [5.41, 5.74) is 10.1. The Balaban J connectivity index is 1.33. The zero-order valence-electron chi connectivity index (χ0n) is 18.3. The van der Waals surface area contributed by atoms with Crippen LogP contribution in [-0.2, 0) is 19.5 Å². The SMILES string of the molecule is Cc1ccc2c(c1)c1c3n2CCCN(Cc2ccc(-c4ccccc4)cc2)C3CCC1. The first-order chi connectivity index (χ1) is 15.3. The molecule has 2 heterocycles. The topological polar surface area (TPSA) is 8.17 Å². The minimum Gasteiger partial charge on any atom is -0.343 e. The van der Waals surface area contributed by atoms with Crippen molar-refractivity contribution in [1.82, 2.24) is 9.47 Å². The summed E-state index contributed by atoms with van der Waals surface area (Å²) in [7, 11) is 0. The van der Waals surface area contributed by atoms with Crippen LogP contribution < -0.4 is 0 Å². The predicted molar refractivity (Wildman–Crippen MR) is 129 cm³/mol. The molecule has 0 saturated heterocycles. The zero-order chi connectivity index (χ0) is 20.8. The van der Waals surface area contributed by atoms with E-state index in [-0.39, 0.29) is 0 Å². The molecular weight excluding hydrogens is 376 g/mol. The van der Waals surface area contributed by atoms with E-state index in [0.29, 0.717) is 6.04 Å². The van der Waals surface area contributed by atoms with Crippen LogP contribution in [0.5, 0.6) is 0 Å². The summed E-state index contributed by atoms with van der Waals surface area (Å²) >= 11 is 0. The molecule has 0 amide bonds. The molecule has 1 aliphatic heterocycles. The quantitative estimate of drug-likeness (QED) is 0.359. The van der Waals surface area contributed by atoms with E-state index in [9.17, 15) is 0 Å². The lowest BCUT2D eigenvalue weighted by Gasteiger charge is -2.33. The second kappa shape index (κ2) is 7.69. The minimum absolute atomic E-state index is 0.549. The van der Waals surface area contributed by atoms with Crippen LogP contribution in [0.15, 0.2) is 72.8 Å². The maximum Gasteiger partial charge on any atom is 0.0507 e. The summed E-state index contributed by atoms with van der Waals surface area (Å²) in [5.74, 6) is 0. The fraction of sp³-hybridized carbons (Fsp3) is 0.310. The van der Waals surface area contributed by atoms with Gasteiger partial charge in [0, 0.05) is 36.2 Å². The smallest absolute Gasteiger partial charge is 0.0507 e. The Bertz CT molecular complexity index is 1210. The van der Waals surface area contributed by atoms with Gasteiger partial charge in [0.25, 0.3) is 0 Å². The maximum atomic E-state index is 2.75. The molecule has 31 heavy (non-hydrogen) atoms. The number of hydrogen-bond donors (Lipinski definition) is 0. The average Bonchev–Trinajstić information content (AvgIpc) is 3.00. The van der Waals surface area contributed by atoms with Gasteiger partial charge < -0.3 is 4.57 Å².